The normalized spacial score (nSPS) is 25.4. The maximum absolute atomic E-state index is 13.0. The molecule has 0 saturated carbocycles. The molecule has 2 fully saturated rings. The van der Waals surface area contributed by atoms with E-state index in [4.69, 9.17) is 0 Å². The van der Waals surface area contributed by atoms with Gasteiger partial charge in [0.05, 0.1) is 18.5 Å². The van der Waals surface area contributed by atoms with Crippen LogP contribution in [0.2, 0.25) is 0 Å². The molecule has 0 spiro atoms. The fraction of sp³-hybridized carbons (Fsp3) is 0.706. The number of hydrogen-bond donors (Lipinski definition) is 0. The number of nitrogens with zero attached hydrogens (tertiary/aromatic N) is 4. The van der Waals surface area contributed by atoms with Gasteiger partial charge in [0.2, 0.25) is 11.8 Å². The number of aromatic nitrogens is 2. The number of hydrogen-bond acceptors (Lipinski definition) is 3. The molecule has 0 aromatic carbocycles. The van der Waals surface area contributed by atoms with E-state index in [1.165, 1.54) is 0 Å². The summed E-state index contributed by atoms with van der Waals surface area (Å²) < 4.78 is 1.90. The van der Waals surface area contributed by atoms with Gasteiger partial charge in [-0.3, -0.25) is 14.3 Å². The molecule has 0 radical (unpaired) electrons. The Kier molecular flexibility index (Phi) is 4.68. The van der Waals surface area contributed by atoms with E-state index in [0.717, 1.165) is 32.4 Å². The molecule has 23 heavy (non-hydrogen) atoms. The monoisotopic (exact) mass is 318 g/mol. The van der Waals surface area contributed by atoms with Gasteiger partial charge in [-0.2, -0.15) is 5.10 Å². The van der Waals surface area contributed by atoms with Gasteiger partial charge in [-0.05, 0) is 39.2 Å². The molecule has 2 aliphatic heterocycles. The van der Waals surface area contributed by atoms with Crippen molar-refractivity contribution in [2.75, 3.05) is 13.1 Å². The Hall–Kier alpha value is -1.85. The Balaban J connectivity index is 1.68. The number of likely N-dealkylation sites (tertiary alicyclic amines) is 2. The second-order valence-electron chi connectivity index (χ2n) is 6.95. The molecule has 3 heterocycles. The van der Waals surface area contributed by atoms with Crippen molar-refractivity contribution in [1.82, 2.24) is 19.6 Å². The minimum Gasteiger partial charge on any atom is -0.339 e. The van der Waals surface area contributed by atoms with Crippen molar-refractivity contribution in [3.63, 3.8) is 0 Å². The standard InChI is InChI=1S/C17H26N4O2/c1-13(2)21-11-14(10-16(21)22)17(23)20-9-4-3-6-15(20)12-19-8-5-7-18-19/h5,7-8,13-15H,3-4,6,9-12H2,1-2H3/t14-,15+/m0/s1. The Morgan fingerprint density at radius 2 is 2.22 bits per heavy atom. The zero-order chi connectivity index (χ0) is 16.4. The SMILES string of the molecule is CC(C)N1C[C@@H](C(=O)N2CCCC[C@@H]2Cn2cccn2)CC1=O. The highest BCUT2D eigenvalue weighted by Gasteiger charge is 2.39. The highest BCUT2D eigenvalue weighted by molar-refractivity contribution is 5.89. The lowest BCUT2D eigenvalue weighted by molar-refractivity contribution is -0.139. The van der Waals surface area contributed by atoms with Crippen LogP contribution in [0.15, 0.2) is 18.5 Å². The van der Waals surface area contributed by atoms with Crippen LogP contribution in [0.25, 0.3) is 0 Å². The summed E-state index contributed by atoms with van der Waals surface area (Å²) in [7, 11) is 0. The lowest BCUT2D eigenvalue weighted by atomic mass is 9.98. The Bertz CT molecular complexity index is 555. The van der Waals surface area contributed by atoms with Gasteiger partial charge in [0.15, 0.2) is 0 Å². The smallest absolute Gasteiger partial charge is 0.228 e. The second-order valence-corrected chi connectivity index (χ2v) is 6.95. The highest BCUT2D eigenvalue weighted by atomic mass is 16.2. The zero-order valence-corrected chi connectivity index (χ0v) is 14.0. The van der Waals surface area contributed by atoms with E-state index >= 15 is 0 Å². The summed E-state index contributed by atoms with van der Waals surface area (Å²) in [5, 5.41) is 4.27. The van der Waals surface area contributed by atoms with Crippen molar-refractivity contribution in [1.29, 1.82) is 0 Å². The van der Waals surface area contributed by atoms with E-state index in [9.17, 15) is 9.59 Å². The number of piperidine rings is 1. The van der Waals surface area contributed by atoms with Gasteiger partial charge in [0.1, 0.15) is 0 Å². The molecule has 1 aromatic heterocycles. The predicted octanol–water partition coefficient (Wildman–Crippen LogP) is 1.52. The van der Waals surface area contributed by atoms with Gasteiger partial charge < -0.3 is 9.80 Å². The van der Waals surface area contributed by atoms with E-state index in [-0.39, 0.29) is 29.8 Å². The second kappa shape index (κ2) is 6.72. The van der Waals surface area contributed by atoms with Gasteiger partial charge >= 0.3 is 0 Å². The Morgan fingerprint density at radius 1 is 1.39 bits per heavy atom. The van der Waals surface area contributed by atoms with Crippen LogP contribution >= 0.6 is 0 Å². The summed E-state index contributed by atoms with van der Waals surface area (Å²) in [6, 6.07) is 2.27. The van der Waals surface area contributed by atoms with E-state index in [1.54, 1.807) is 6.20 Å². The average molecular weight is 318 g/mol. The van der Waals surface area contributed by atoms with Crippen molar-refractivity contribution in [2.45, 2.75) is 58.2 Å². The van der Waals surface area contributed by atoms with Gasteiger partial charge in [0.25, 0.3) is 0 Å². The van der Waals surface area contributed by atoms with Gasteiger partial charge in [0, 0.05) is 37.9 Å². The quantitative estimate of drug-likeness (QED) is 0.846. The maximum atomic E-state index is 13.0. The van der Waals surface area contributed by atoms with Crippen molar-refractivity contribution in [2.24, 2.45) is 5.92 Å². The topological polar surface area (TPSA) is 58.4 Å². The van der Waals surface area contributed by atoms with Gasteiger partial charge in [-0.25, -0.2) is 0 Å². The van der Waals surface area contributed by atoms with Crippen LogP contribution in [-0.2, 0) is 16.1 Å². The van der Waals surface area contributed by atoms with Crippen LogP contribution in [-0.4, -0.2) is 56.6 Å². The summed E-state index contributed by atoms with van der Waals surface area (Å²) in [5.74, 6) is 0.0838. The molecule has 2 saturated heterocycles. The third kappa shape index (κ3) is 3.41. The van der Waals surface area contributed by atoms with Crippen LogP contribution in [0.4, 0.5) is 0 Å². The first-order valence-electron chi connectivity index (χ1n) is 8.63. The molecule has 3 rings (SSSR count). The fourth-order valence-corrected chi connectivity index (χ4v) is 3.74. The predicted molar refractivity (Wildman–Crippen MR) is 86.5 cm³/mol. The minimum absolute atomic E-state index is 0.110. The molecule has 6 nitrogen and oxygen atoms in total. The van der Waals surface area contributed by atoms with Crippen molar-refractivity contribution < 1.29 is 9.59 Å². The van der Waals surface area contributed by atoms with Crippen LogP contribution in [0, 0.1) is 5.92 Å². The lowest BCUT2D eigenvalue weighted by Crippen LogP contribution is -2.48. The van der Waals surface area contributed by atoms with E-state index in [2.05, 4.69) is 5.10 Å². The fourth-order valence-electron chi connectivity index (χ4n) is 3.74. The molecular formula is C17H26N4O2. The third-order valence-corrected chi connectivity index (χ3v) is 5.00. The zero-order valence-electron chi connectivity index (χ0n) is 14.0. The van der Waals surface area contributed by atoms with E-state index in [1.807, 2.05) is 40.6 Å². The number of rotatable bonds is 4. The third-order valence-electron chi connectivity index (χ3n) is 5.00. The molecule has 2 atom stereocenters. The van der Waals surface area contributed by atoms with Crippen LogP contribution in [0.1, 0.15) is 39.5 Å². The van der Waals surface area contributed by atoms with E-state index < -0.39 is 0 Å². The first-order chi connectivity index (χ1) is 11.1. The largest absolute Gasteiger partial charge is 0.339 e. The van der Waals surface area contributed by atoms with E-state index in [0.29, 0.717) is 13.0 Å². The number of carbonyl (C=O) groups excluding carboxylic acids is 2. The molecular weight excluding hydrogens is 292 g/mol. The molecule has 0 N–H and O–H groups in total. The molecule has 2 amide bonds. The lowest BCUT2D eigenvalue weighted by Gasteiger charge is -2.37. The van der Waals surface area contributed by atoms with Crippen LogP contribution < -0.4 is 0 Å². The van der Waals surface area contributed by atoms with Crippen molar-refractivity contribution >= 4 is 11.8 Å². The molecule has 0 aliphatic carbocycles. The first kappa shape index (κ1) is 16.0. The number of amides is 2. The summed E-state index contributed by atoms with van der Waals surface area (Å²) in [6.07, 6.45) is 7.29. The summed E-state index contributed by atoms with van der Waals surface area (Å²) in [6.45, 7) is 6.13. The maximum Gasteiger partial charge on any atom is 0.228 e. The highest BCUT2D eigenvalue weighted by Crippen LogP contribution is 2.26. The van der Waals surface area contributed by atoms with Crippen molar-refractivity contribution in [3.05, 3.63) is 18.5 Å². The van der Waals surface area contributed by atoms with Crippen LogP contribution in [0.3, 0.4) is 0 Å². The molecule has 0 bridgehead atoms. The minimum atomic E-state index is -0.178. The molecule has 126 valence electrons. The molecule has 0 unspecified atom stereocenters. The summed E-state index contributed by atoms with van der Waals surface area (Å²) >= 11 is 0. The molecule has 6 heteroatoms. The van der Waals surface area contributed by atoms with Gasteiger partial charge in [-0.1, -0.05) is 0 Å². The van der Waals surface area contributed by atoms with Crippen molar-refractivity contribution in [3.8, 4) is 0 Å². The number of carbonyl (C=O) groups is 2. The average Bonchev–Trinajstić information content (AvgIpc) is 3.16. The Morgan fingerprint density at radius 3 is 2.87 bits per heavy atom. The molecule has 2 aliphatic rings. The van der Waals surface area contributed by atoms with Crippen LogP contribution in [0.5, 0.6) is 0 Å². The summed E-state index contributed by atoms with van der Waals surface area (Å²) in [4.78, 5) is 28.9. The molecule has 1 aromatic rings. The van der Waals surface area contributed by atoms with Gasteiger partial charge in [-0.15, -0.1) is 0 Å². The summed E-state index contributed by atoms with van der Waals surface area (Å²) in [5.41, 5.74) is 0. The Labute approximate surface area is 137 Å². The first-order valence-corrected chi connectivity index (χ1v) is 8.63.